The van der Waals surface area contributed by atoms with Gasteiger partial charge in [0.25, 0.3) is 5.91 Å². The van der Waals surface area contributed by atoms with E-state index in [1.54, 1.807) is 24.3 Å². The molecule has 0 aliphatic carbocycles. The Bertz CT molecular complexity index is 467. The van der Waals surface area contributed by atoms with Crippen molar-refractivity contribution < 1.29 is 9.00 Å². The minimum atomic E-state index is -2.38. The van der Waals surface area contributed by atoms with E-state index >= 15 is 0 Å². The normalized spacial score (nSPS) is 11.1. The van der Waals surface area contributed by atoms with Gasteiger partial charge < -0.3 is 0 Å². The second-order valence-electron chi connectivity index (χ2n) is 3.06. The molecule has 0 spiro atoms. The van der Waals surface area contributed by atoms with Crippen LogP contribution in [0.3, 0.4) is 0 Å². The molecular weight excluding hydrogens is 266 g/mol. The van der Waals surface area contributed by atoms with Crippen molar-refractivity contribution in [1.29, 1.82) is 0 Å². The molecule has 3 nitrogen and oxygen atoms in total. The van der Waals surface area contributed by atoms with Gasteiger partial charge in [-0.2, -0.15) is 4.36 Å². The second-order valence-corrected chi connectivity index (χ2v) is 6.46. The first kappa shape index (κ1) is 11.4. The van der Waals surface area contributed by atoms with E-state index < -0.39 is 15.6 Å². The van der Waals surface area contributed by atoms with Gasteiger partial charge in [0.1, 0.15) is 0 Å². The van der Waals surface area contributed by atoms with Gasteiger partial charge in [0.15, 0.2) is 0 Å². The Morgan fingerprint density at radius 3 is 2.43 bits per heavy atom. The summed E-state index contributed by atoms with van der Waals surface area (Å²) in [5.41, 5.74) is 0.434. The third kappa shape index (κ3) is 3.23. The monoisotopic (exact) mass is 275 g/mol. The SMILES string of the molecule is CS(C)(=O)=NC(=O)c1ccccc1Br. The van der Waals surface area contributed by atoms with Crippen LogP contribution < -0.4 is 0 Å². The molecule has 0 atom stereocenters. The number of benzene rings is 1. The smallest absolute Gasteiger partial charge is 0.266 e. The molecular formula is C9H10BrNO2S. The highest BCUT2D eigenvalue weighted by Crippen LogP contribution is 2.16. The van der Waals surface area contributed by atoms with Gasteiger partial charge in [-0.3, -0.25) is 4.79 Å². The maximum Gasteiger partial charge on any atom is 0.286 e. The maximum atomic E-state index is 11.5. The quantitative estimate of drug-likeness (QED) is 0.790. The maximum absolute atomic E-state index is 11.5. The second kappa shape index (κ2) is 4.23. The molecule has 0 saturated carbocycles. The minimum Gasteiger partial charge on any atom is -0.266 e. The molecule has 0 aromatic heterocycles. The third-order valence-electron chi connectivity index (χ3n) is 1.41. The Hall–Kier alpha value is -0.680. The highest BCUT2D eigenvalue weighted by atomic mass is 79.9. The summed E-state index contributed by atoms with van der Waals surface area (Å²) in [6.07, 6.45) is 2.86. The zero-order valence-electron chi connectivity index (χ0n) is 7.86. The molecule has 0 aliphatic heterocycles. The van der Waals surface area contributed by atoms with Gasteiger partial charge in [-0.15, -0.1) is 0 Å². The summed E-state index contributed by atoms with van der Waals surface area (Å²) < 4.78 is 15.5. The highest BCUT2D eigenvalue weighted by Gasteiger charge is 2.08. The summed E-state index contributed by atoms with van der Waals surface area (Å²) in [5, 5.41) is 0. The molecule has 0 aliphatic rings. The number of nitrogens with zero attached hydrogens (tertiary/aromatic N) is 1. The van der Waals surface area contributed by atoms with E-state index in [0.29, 0.717) is 10.0 Å². The Kier molecular flexibility index (Phi) is 3.44. The predicted molar refractivity (Wildman–Crippen MR) is 60.9 cm³/mol. The lowest BCUT2D eigenvalue weighted by atomic mass is 10.2. The average Bonchev–Trinajstić information content (AvgIpc) is 2.01. The number of amides is 1. The van der Waals surface area contributed by atoms with Crippen LogP contribution in [0.1, 0.15) is 10.4 Å². The van der Waals surface area contributed by atoms with Crippen LogP contribution in [-0.2, 0) is 9.73 Å². The highest BCUT2D eigenvalue weighted by molar-refractivity contribution is 9.10. The van der Waals surface area contributed by atoms with Crippen LogP contribution in [0, 0.1) is 0 Å². The molecule has 1 aromatic carbocycles. The Morgan fingerprint density at radius 2 is 1.93 bits per heavy atom. The third-order valence-corrected chi connectivity index (χ3v) is 2.70. The number of hydrogen-bond donors (Lipinski definition) is 0. The number of halogens is 1. The molecule has 14 heavy (non-hydrogen) atoms. The first-order valence-electron chi connectivity index (χ1n) is 3.86. The Labute approximate surface area is 91.8 Å². The molecule has 1 aromatic rings. The van der Waals surface area contributed by atoms with E-state index in [4.69, 9.17) is 0 Å². The topological polar surface area (TPSA) is 46.5 Å². The van der Waals surface area contributed by atoms with E-state index in [-0.39, 0.29) is 0 Å². The first-order valence-corrected chi connectivity index (χ1v) is 6.98. The number of carbonyl (C=O) groups is 1. The largest absolute Gasteiger partial charge is 0.286 e. The summed E-state index contributed by atoms with van der Waals surface area (Å²) in [6.45, 7) is 0. The lowest BCUT2D eigenvalue weighted by Crippen LogP contribution is -2.01. The van der Waals surface area contributed by atoms with Crippen LogP contribution in [0.4, 0.5) is 0 Å². The van der Waals surface area contributed by atoms with Crippen molar-refractivity contribution >= 4 is 31.6 Å². The number of hydrogen-bond acceptors (Lipinski definition) is 2. The zero-order valence-corrected chi connectivity index (χ0v) is 10.3. The van der Waals surface area contributed by atoms with Gasteiger partial charge in [0.05, 0.1) is 5.56 Å². The molecule has 0 radical (unpaired) electrons. The van der Waals surface area contributed by atoms with Crippen molar-refractivity contribution in [3.05, 3.63) is 34.3 Å². The molecule has 0 heterocycles. The summed E-state index contributed by atoms with van der Waals surface area (Å²) in [4.78, 5) is 11.5. The zero-order chi connectivity index (χ0) is 10.8. The van der Waals surface area contributed by atoms with Gasteiger partial charge >= 0.3 is 0 Å². The van der Waals surface area contributed by atoms with Gasteiger partial charge in [-0.05, 0) is 28.1 Å². The van der Waals surface area contributed by atoms with Gasteiger partial charge in [-0.1, -0.05) is 12.1 Å². The van der Waals surface area contributed by atoms with Crippen LogP contribution in [0.15, 0.2) is 33.1 Å². The number of rotatable bonds is 1. The molecule has 0 bridgehead atoms. The Balaban J connectivity index is 3.16. The van der Waals surface area contributed by atoms with Crippen molar-refractivity contribution in [3.63, 3.8) is 0 Å². The van der Waals surface area contributed by atoms with Crippen molar-refractivity contribution in [1.82, 2.24) is 0 Å². The fourth-order valence-electron chi connectivity index (χ4n) is 0.883. The molecule has 76 valence electrons. The van der Waals surface area contributed by atoms with Crippen molar-refractivity contribution in [3.8, 4) is 0 Å². The van der Waals surface area contributed by atoms with Gasteiger partial charge in [-0.25, -0.2) is 4.21 Å². The van der Waals surface area contributed by atoms with Gasteiger partial charge in [0, 0.05) is 26.7 Å². The van der Waals surface area contributed by atoms with E-state index in [9.17, 15) is 9.00 Å². The van der Waals surface area contributed by atoms with Crippen molar-refractivity contribution in [2.45, 2.75) is 0 Å². The molecule has 0 N–H and O–H groups in total. The lowest BCUT2D eigenvalue weighted by molar-refractivity contribution is 0.100. The Morgan fingerprint density at radius 1 is 1.36 bits per heavy atom. The molecule has 0 fully saturated rings. The summed E-state index contributed by atoms with van der Waals surface area (Å²) >= 11 is 3.23. The van der Waals surface area contributed by atoms with E-state index in [1.165, 1.54) is 12.5 Å². The molecule has 0 unspecified atom stereocenters. The predicted octanol–water partition coefficient (Wildman–Crippen LogP) is 2.32. The van der Waals surface area contributed by atoms with Crippen LogP contribution in [-0.4, -0.2) is 22.6 Å². The first-order chi connectivity index (χ1) is 6.40. The van der Waals surface area contributed by atoms with Gasteiger partial charge in [0.2, 0.25) is 0 Å². The fraction of sp³-hybridized carbons (Fsp3) is 0.222. The van der Waals surface area contributed by atoms with Crippen molar-refractivity contribution in [2.24, 2.45) is 4.36 Å². The fourth-order valence-corrected chi connectivity index (χ4v) is 1.84. The molecule has 0 saturated heterocycles. The van der Waals surface area contributed by atoms with Crippen LogP contribution in [0.25, 0.3) is 0 Å². The number of carbonyl (C=O) groups excluding carboxylic acids is 1. The van der Waals surface area contributed by atoms with Crippen molar-refractivity contribution in [2.75, 3.05) is 12.5 Å². The summed E-state index contributed by atoms with van der Waals surface area (Å²) in [5.74, 6) is -0.451. The summed E-state index contributed by atoms with van der Waals surface area (Å²) in [6, 6.07) is 6.92. The van der Waals surface area contributed by atoms with E-state index in [2.05, 4.69) is 20.3 Å². The van der Waals surface area contributed by atoms with Crippen LogP contribution in [0.2, 0.25) is 0 Å². The van der Waals surface area contributed by atoms with E-state index in [1.807, 2.05) is 0 Å². The summed E-state index contributed by atoms with van der Waals surface area (Å²) in [7, 11) is -2.38. The van der Waals surface area contributed by atoms with Crippen LogP contribution in [0.5, 0.6) is 0 Å². The average molecular weight is 276 g/mol. The standard InChI is InChI=1S/C9H10BrNO2S/c1-14(2,13)11-9(12)7-5-3-4-6-8(7)10/h3-6H,1-2H3. The lowest BCUT2D eigenvalue weighted by Gasteiger charge is -1.99. The van der Waals surface area contributed by atoms with Crippen LogP contribution >= 0.6 is 15.9 Å². The van der Waals surface area contributed by atoms with E-state index in [0.717, 1.165) is 0 Å². The minimum absolute atomic E-state index is 0.434. The molecule has 1 amide bonds. The molecule has 5 heteroatoms. The molecule has 1 rings (SSSR count).